The number of aromatic nitrogens is 2. The van der Waals surface area contributed by atoms with E-state index in [1.54, 1.807) is 0 Å². The molecule has 1 unspecified atom stereocenters. The smallest absolute Gasteiger partial charge is 0.0540 e. The highest BCUT2D eigenvalue weighted by Crippen LogP contribution is 2.22. The third-order valence-corrected chi connectivity index (χ3v) is 3.26. The van der Waals surface area contributed by atoms with Crippen molar-refractivity contribution in [3.05, 3.63) is 17.5 Å². The van der Waals surface area contributed by atoms with Gasteiger partial charge in [0.2, 0.25) is 0 Å². The molecule has 4 heteroatoms. The molecule has 0 aromatic carbocycles. The summed E-state index contributed by atoms with van der Waals surface area (Å²) in [5.74, 6) is 0. The van der Waals surface area contributed by atoms with Crippen LogP contribution in [0.5, 0.6) is 0 Å². The fourth-order valence-corrected chi connectivity index (χ4v) is 2.18. The summed E-state index contributed by atoms with van der Waals surface area (Å²) in [7, 11) is 0. The van der Waals surface area contributed by atoms with E-state index in [0.29, 0.717) is 12.6 Å². The lowest BCUT2D eigenvalue weighted by atomic mass is 10.1. The molecular formula is C12H24N4. The van der Waals surface area contributed by atoms with E-state index in [2.05, 4.69) is 37.7 Å². The Hall–Kier alpha value is -0.870. The van der Waals surface area contributed by atoms with Crippen molar-refractivity contribution in [2.24, 2.45) is 5.73 Å². The molecule has 1 aromatic rings. The molecule has 0 radical (unpaired) electrons. The fourth-order valence-electron chi connectivity index (χ4n) is 2.18. The third kappa shape index (κ3) is 2.62. The summed E-state index contributed by atoms with van der Waals surface area (Å²) in [6.07, 6.45) is 1.99. The summed E-state index contributed by atoms with van der Waals surface area (Å²) < 4.78 is 2.04. The van der Waals surface area contributed by atoms with E-state index >= 15 is 0 Å². The van der Waals surface area contributed by atoms with Crippen molar-refractivity contribution in [3.63, 3.8) is 0 Å². The fraction of sp³-hybridized carbons (Fsp3) is 0.750. The van der Waals surface area contributed by atoms with Gasteiger partial charge in [-0.2, -0.15) is 5.10 Å². The molecule has 4 nitrogen and oxygen atoms in total. The molecule has 0 bridgehead atoms. The average Bonchev–Trinajstić information content (AvgIpc) is 2.66. The molecule has 0 spiro atoms. The van der Waals surface area contributed by atoms with Crippen molar-refractivity contribution < 1.29 is 0 Å². The molecule has 1 atom stereocenters. The van der Waals surface area contributed by atoms with Crippen LogP contribution in [0.4, 0.5) is 0 Å². The van der Waals surface area contributed by atoms with Gasteiger partial charge in [0.1, 0.15) is 0 Å². The van der Waals surface area contributed by atoms with Crippen molar-refractivity contribution in [2.45, 2.75) is 40.3 Å². The van der Waals surface area contributed by atoms with E-state index in [9.17, 15) is 0 Å². The van der Waals surface area contributed by atoms with Gasteiger partial charge in [0.05, 0.1) is 6.20 Å². The van der Waals surface area contributed by atoms with Gasteiger partial charge in [-0.15, -0.1) is 0 Å². The standard InChI is InChI=1S/C12H24N4/c1-5-15(8-7-13)10(3)12-9-14-16(6-2)11(12)4/h9-10H,5-8,13H2,1-4H3. The molecule has 0 fully saturated rings. The molecule has 92 valence electrons. The van der Waals surface area contributed by atoms with E-state index < -0.39 is 0 Å². The molecule has 1 aromatic heterocycles. The molecule has 0 aliphatic rings. The lowest BCUT2D eigenvalue weighted by Gasteiger charge is -2.27. The molecule has 0 aliphatic heterocycles. The Morgan fingerprint density at radius 1 is 1.50 bits per heavy atom. The summed E-state index contributed by atoms with van der Waals surface area (Å²) in [5.41, 5.74) is 8.21. The van der Waals surface area contributed by atoms with Gasteiger partial charge in [0, 0.05) is 36.9 Å². The maximum Gasteiger partial charge on any atom is 0.0540 e. The van der Waals surface area contributed by atoms with Gasteiger partial charge in [-0.25, -0.2) is 0 Å². The Balaban J connectivity index is 2.85. The van der Waals surface area contributed by atoms with Crippen LogP contribution in [0.15, 0.2) is 6.20 Å². The second-order valence-corrected chi connectivity index (χ2v) is 4.09. The van der Waals surface area contributed by atoms with Crippen LogP contribution in [0.2, 0.25) is 0 Å². The maximum absolute atomic E-state index is 5.63. The van der Waals surface area contributed by atoms with Crippen molar-refractivity contribution in [2.75, 3.05) is 19.6 Å². The Kier molecular flexibility index (Phi) is 4.96. The van der Waals surface area contributed by atoms with E-state index in [-0.39, 0.29) is 0 Å². The molecule has 0 amide bonds. The predicted molar refractivity (Wildman–Crippen MR) is 67.4 cm³/mol. The van der Waals surface area contributed by atoms with E-state index in [4.69, 9.17) is 5.73 Å². The molecule has 1 rings (SSSR count). The topological polar surface area (TPSA) is 47.1 Å². The molecule has 0 saturated heterocycles. The molecule has 2 N–H and O–H groups in total. The van der Waals surface area contributed by atoms with Crippen LogP contribution in [0.1, 0.15) is 38.1 Å². The van der Waals surface area contributed by atoms with Gasteiger partial charge in [-0.1, -0.05) is 6.92 Å². The molecule has 16 heavy (non-hydrogen) atoms. The first-order valence-electron chi connectivity index (χ1n) is 6.12. The number of aryl methyl sites for hydroxylation is 1. The van der Waals surface area contributed by atoms with E-state index in [1.807, 2.05) is 10.9 Å². The van der Waals surface area contributed by atoms with Gasteiger partial charge < -0.3 is 5.73 Å². The monoisotopic (exact) mass is 224 g/mol. The van der Waals surface area contributed by atoms with Crippen LogP contribution in [0.3, 0.4) is 0 Å². The lowest BCUT2D eigenvalue weighted by molar-refractivity contribution is 0.228. The van der Waals surface area contributed by atoms with Crippen molar-refractivity contribution in [3.8, 4) is 0 Å². The summed E-state index contributed by atoms with van der Waals surface area (Å²) >= 11 is 0. The number of hydrogen-bond acceptors (Lipinski definition) is 3. The SMILES string of the molecule is CCN(CCN)C(C)c1cnn(CC)c1C. The minimum atomic E-state index is 0.397. The van der Waals surface area contributed by atoms with Crippen LogP contribution in [-0.2, 0) is 6.54 Å². The first-order valence-corrected chi connectivity index (χ1v) is 6.12. The van der Waals surface area contributed by atoms with Gasteiger partial charge in [0.15, 0.2) is 0 Å². The first-order chi connectivity index (χ1) is 7.65. The Morgan fingerprint density at radius 3 is 2.62 bits per heavy atom. The minimum Gasteiger partial charge on any atom is -0.329 e. The highest BCUT2D eigenvalue weighted by atomic mass is 15.3. The van der Waals surface area contributed by atoms with Crippen molar-refractivity contribution >= 4 is 0 Å². The zero-order valence-corrected chi connectivity index (χ0v) is 10.9. The highest BCUT2D eigenvalue weighted by molar-refractivity contribution is 5.20. The Bertz CT molecular complexity index is 319. The van der Waals surface area contributed by atoms with E-state index in [1.165, 1.54) is 11.3 Å². The summed E-state index contributed by atoms with van der Waals surface area (Å²) in [4.78, 5) is 2.38. The molecule has 0 saturated carbocycles. The largest absolute Gasteiger partial charge is 0.329 e. The predicted octanol–water partition coefficient (Wildman–Crippen LogP) is 1.55. The molecule has 0 aliphatic carbocycles. The minimum absolute atomic E-state index is 0.397. The number of nitrogens with two attached hydrogens (primary N) is 1. The third-order valence-electron chi connectivity index (χ3n) is 3.26. The van der Waals surface area contributed by atoms with Crippen molar-refractivity contribution in [1.29, 1.82) is 0 Å². The number of nitrogens with zero attached hydrogens (tertiary/aromatic N) is 3. The molecule has 1 heterocycles. The maximum atomic E-state index is 5.63. The van der Waals surface area contributed by atoms with Crippen LogP contribution in [0, 0.1) is 6.92 Å². The van der Waals surface area contributed by atoms with E-state index in [0.717, 1.165) is 19.6 Å². The second-order valence-electron chi connectivity index (χ2n) is 4.09. The van der Waals surface area contributed by atoms with Gasteiger partial charge in [-0.3, -0.25) is 9.58 Å². The normalized spacial score (nSPS) is 13.4. The number of likely N-dealkylation sites (N-methyl/N-ethyl adjacent to an activating group) is 1. The quantitative estimate of drug-likeness (QED) is 0.797. The van der Waals surface area contributed by atoms with Gasteiger partial charge in [0.25, 0.3) is 0 Å². The van der Waals surface area contributed by atoms with Crippen LogP contribution in [-0.4, -0.2) is 34.3 Å². The zero-order chi connectivity index (χ0) is 12.1. The van der Waals surface area contributed by atoms with Crippen LogP contribution in [0.25, 0.3) is 0 Å². The average molecular weight is 224 g/mol. The van der Waals surface area contributed by atoms with Crippen LogP contribution >= 0.6 is 0 Å². The summed E-state index contributed by atoms with van der Waals surface area (Å²) in [5, 5.41) is 4.39. The Morgan fingerprint density at radius 2 is 2.19 bits per heavy atom. The Labute approximate surface area is 98.4 Å². The first kappa shape index (κ1) is 13.2. The van der Waals surface area contributed by atoms with Crippen molar-refractivity contribution in [1.82, 2.24) is 14.7 Å². The second kappa shape index (κ2) is 6.01. The number of rotatable bonds is 6. The summed E-state index contributed by atoms with van der Waals surface area (Å²) in [6.45, 7) is 12.3. The zero-order valence-electron chi connectivity index (χ0n) is 10.9. The lowest BCUT2D eigenvalue weighted by Crippen LogP contribution is -2.32. The van der Waals surface area contributed by atoms with Gasteiger partial charge >= 0.3 is 0 Å². The van der Waals surface area contributed by atoms with Crippen LogP contribution < -0.4 is 5.73 Å². The van der Waals surface area contributed by atoms with Gasteiger partial charge in [-0.05, 0) is 27.3 Å². The number of hydrogen-bond donors (Lipinski definition) is 1. The summed E-state index contributed by atoms with van der Waals surface area (Å²) in [6, 6.07) is 0.397. The highest BCUT2D eigenvalue weighted by Gasteiger charge is 2.17. The molecular weight excluding hydrogens is 200 g/mol.